The topological polar surface area (TPSA) is 166 Å². The Kier molecular flexibility index (Phi) is 11.3. The number of imidazole rings is 2. The summed E-state index contributed by atoms with van der Waals surface area (Å²) in [5.41, 5.74) is 12.5. The number of H-pyrrole nitrogens is 2. The maximum Gasteiger partial charge on any atom is 0.407 e. The predicted molar refractivity (Wildman–Crippen MR) is 213 cm³/mol. The average Bonchev–Trinajstić information content (AvgIpc) is 4.01. The van der Waals surface area contributed by atoms with E-state index in [1.807, 2.05) is 50.8 Å². The molecular formula is C42H52FN9O4. The van der Waals surface area contributed by atoms with Crippen LogP contribution in [0.2, 0.25) is 0 Å². The molecule has 296 valence electrons. The number of aromatic amines is 2. The van der Waals surface area contributed by atoms with E-state index in [4.69, 9.17) is 20.4 Å². The molecule has 5 N–H and O–H groups in total. The fourth-order valence-corrected chi connectivity index (χ4v) is 7.98. The molecule has 0 saturated carbocycles. The minimum Gasteiger partial charge on any atom is -0.453 e. The van der Waals surface area contributed by atoms with Gasteiger partial charge in [-0.3, -0.25) is 9.59 Å². The molecule has 56 heavy (non-hydrogen) atoms. The van der Waals surface area contributed by atoms with Crippen LogP contribution < -0.4 is 16.0 Å². The Bertz CT molecular complexity index is 2200. The van der Waals surface area contributed by atoms with Crippen LogP contribution in [0.3, 0.4) is 0 Å². The number of amides is 3. The molecule has 4 heterocycles. The van der Waals surface area contributed by atoms with Crippen molar-refractivity contribution in [2.24, 2.45) is 17.6 Å². The molecule has 13 nitrogen and oxygen atoms in total. The van der Waals surface area contributed by atoms with Crippen LogP contribution in [-0.2, 0) is 27.4 Å². The number of rotatable bonds is 12. The van der Waals surface area contributed by atoms with E-state index in [-0.39, 0.29) is 41.6 Å². The largest absolute Gasteiger partial charge is 0.453 e. The van der Waals surface area contributed by atoms with E-state index in [1.165, 1.54) is 19.2 Å². The molecule has 2 aliphatic rings. The number of halogens is 1. The number of nitrogens with zero attached hydrogens (tertiary/aromatic N) is 5. The first-order valence-corrected chi connectivity index (χ1v) is 19.6. The Morgan fingerprint density at radius 3 is 1.82 bits per heavy atom. The molecule has 3 amide bonds. The Morgan fingerprint density at radius 1 is 0.821 bits per heavy atom. The lowest BCUT2D eigenvalue weighted by atomic mass is 10.0. The molecule has 2 saturated heterocycles. The number of nitrogens with two attached hydrogens (primary N) is 1. The standard InChI is InChI=1S/C42H52FN9O4/c1-24(2)36(44)40(53)51-18-6-8-34(51)38-45-30-16-10-26(20-32(30)47-38)22-50(29-14-12-28(43)13-15-29)23-27-11-17-31-33(21-27)48-39(46-31)35-9-7-19-52(35)41(54)37(25(3)4)49-42(55)56-5/h10-17,20-21,24-25,34-37H,6-9,18-19,22-23,44H2,1-5H3,(H,45,47)(H,46,48)(H,49,55)/t34-,35-,36-,37-/m0/s1. The van der Waals surface area contributed by atoms with Gasteiger partial charge in [0.1, 0.15) is 23.5 Å². The third kappa shape index (κ3) is 8.06. The molecule has 7 rings (SSSR count). The van der Waals surface area contributed by atoms with Crippen LogP contribution in [0, 0.1) is 17.7 Å². The lowest BCUT2D eigenvalue weighted by molar-refractivity contribution is -0.136. The number of carbonyl (C=O) groups excluding carboxylic acids is 3. The summed E-state index contributed by atoms with van der Waals surface area (Å²) in [4.78, 5) is 61.6. The van der Waals surface area contributed by atoms with Crippen LogP contribution in [-0.4, -0.2) is 79.9 Å². The predicted octanol–water partition coefficient (Wildman–Crippen LogP) is 6.48. The highest BCUT2D eigenvalue weighted by molar-refractivity contribution is 5.87. The van der Waals surface area contributed by atoms with Gasteiger partial charge in [0.2, 0.25) is 11.8 Å². The number of hydrogen-bond acceptors (Lipinski definition) is 8. The molecule has 4 atom stereocenters. The number of anilines is 1. The first kappa shape index (κ1) is 38.8. The number of nitrogens with one attached hydrogen (secondary N) is 3. The number of likely N-dealkylation sites (tertiary alicyclic amines) is 2. The van der Waals surface area contributed by atoms with Crippen molar-refractivity contribution in [3.63, 3.8) is 0 Å². The summed E-state index contributed by atoms with van der Waals surface area (Å²) in [6.07, 6.45) is 2.67. The second kappa shape index (κ2) is 16.3. The summed E-state index contributed by atoms with van der Waals surface area (Å²) in [5, 5.41) is 2.70. The third-order valence-electron chi connectivity index (χ3n) is 11.2. The number of methoxy groups -OCH3 is 1. The van der Waals surface area contributed by atoms with Gasteiger partial charge in [-0.2, -0.15) is 0 Å². The number of fused-ring (bicyclic) bond motifs is 2. The summed E-state index contributed by atoms with van der Waals surface area (Å²) in [6.45, 7) is 10.0. The van der Waals surface area contributed by atoms with Crippen LogP contribution in [0.4, 0.5) is 14.9 Å². The van der Waals surface area contributed by atoms with Crippen molar-refractivity contribution in [1.29, 1.82) is 0 Å². The zero-order valence-corrected chi connectivity index (χ0v) is 32.7. The van der Waals surface area contributed by atoms with Crippen molar-refractivity contribution >= 4 is 45.7 Å². The van der Waals surface area contributed by atoms with Crippen molar-refractivity contribution in [3.8, 4) is 0 Å². The van der Waals surface area contributed by atoms with E-state index in [1.54, 1.807) is 17.0 Å². The first-order valence-electron chi connectivity index (χ1n) is 19.6. The Morgan fingerprint density at radius 2 is 1.34 bits per heavy atom. The van der Waals surface area contributed by atoms with Gasteiger partial charge < -0.3 is 40.5 Å². The molecule has 2 aliphatic heterocycles. The van der Waals surface area contributed by atoms with E-state index >= 15 is 0 Å². The van der Waals surface area contributed by atoms with Gasteiger partial charge in [-0.15, -0.1) is 0 Å². The van der Waals surface area contributed by atoms with Crippen LogP contribution in [0.15, 0.2) is 60.7 Å². The normalized spacial score (nSPS) is 18.3. The molecule has 5 aromatic rings. The molecule has 0 radical (unpaired) electrons. The van der Waals surface area contributed by atoms with Crippen molar-refractivity contribution in [1.82, 2.24) is 35.1 Å². The van der Waals surface area contributed by atoms with Gasteiger partial charge in [-0.05, 0) is 97.2 Å². The summed E-state index contributed by atoms with van der Waals surface area (Å²) in [5.74, 6) is 0.896. The first-order chi connectivity index (χ1) is 26.9. The number of hydrogen-bond donors (Lipinski definition) is 4. The van der Waals surface area contributed by atoms with Crippen LogP contribution in [0.25, 0.3) is 22.1 Å². The molecule has 0 unspecified atom stereocenters. The molecular weight excluding hydrogens is 714 g/mol. The van der Waals surface area contributed by atoms with Crippen LogP contribution in [0.1, 0.15) is 88.2 Å². The number of carbonyl (C=O) groups is 3. The van der Waals surface area contributed by atoms with Crippen LogP contribution in [0.5, 0.6) is 0 Å². The van der Waals surface area contributed by atoms with Crippen molar-refractivity contribution in [2.45, 2.75) is 90.6 Å². The highest BCUT2D eigenvalue weighted by atomic mass is 19.1. The van der Waals surface area contributed by atoms with Crippen LogP contribution >= 0.6 is 0 Å². The van der Waals surface area contributed by atoms with Gasteiger partial charge in [-0.25, -0.2) is 19.2 Å². The van der Waals surface area contributed by atoms with E-state index in [2.05, 4.69) is 38.4 Å². The lowest BCUT2D eigenvalue weighted by Gasteiger charge is -2.29. The van der Waals surface area contributed by atoms with E-state index in [0.29, 0.717) is 32.0 Å². The quantitative estimate of drug-likeness (QED) is 0.112. The van der Waals surface area contributed by atoms with Crippen molar-refractivity contribution in [2.75, 3.05) is 25.1 Å². The van der Waals surface area contributed by atoms with Crippen molar-refractivity contribution in [3.05, 3.63) is 89.3 Å². The summed E-state index contributed by atoms with van der Waals surface area (Å²) >= 11 is 0. The van der Waals surface area contributed by atoms with E-state index < -0.39 is 18.2 Å². The van der Waals surface area contributed by atoms with Crippen molar-refractivity contribution < 1.29 is 23.5 Å². The molecule has 3 aromatic carbocycles. The molecule has 0 spiro atoms. The number of alkyl carbamates (subject to hydrolysis) is 1. The molecule has 0 aliphatic carbocycles. The zero-order valence-electron chi connectivity index (χ0n) is 32.7. The summed E-state index contributed by atoms with van der Waals surface area (Å²) in [7, 11) is 1.29. The lowest BCUT2D eigenvalue weighted by Crippen LogP contribution is -2.51. The summed E-state index contributed by atoms with van der Waals surface area (Å²) < 4.78 is 18.9. The van der Waals surface area contributed by atoms with E-state index in [0.717, 1.165) is 70.4 Å². The van der Waals surface area contributed by atoms with Gasteiger partial charge in [0.05, 0.1) is 47.3 Å². The number of ether oxygens (including phenoxy) is 1. The third-order valence-corrected chi connectivity index (χ3v) is 11.2. The average molecular weight is 766 g/mol. The fourth-order valence-electron chi connectivity index (χ4n) is 7.98. The Labute approximate surface area is 326 Å². The van der Waals surface area contributed by atoms with E-state index in [9.17, 15) is 18.8 Å². The zero-order chi connectivity index (χ0) is 39.7. The minimum absolute atomic E-state index is 0.0384. The summed E-state index contributed by atoms with van der Waals surface area (Å²) in [6, 6.07) is 17.1. The van der Waals surface area contributed by atoms with Gasteiger partial charge in [-0.1, -0.05) is 39.8 Å². The Balaban J connectivity index is 1.11. The second-order valence-corrected chi connectivity index (χ2v) is 15.8. The highest BCUT2D eigenvalue weighted by Gasteiger charge is 2.38. The van der Waals surface area contributed by atoms with Gasteiger partial charge in [0.25, 0.3) is 0 Å². The van der Waals surface area contributed by atoms with Gasteiger partial charge >= 0.3 is 6.09 Å². The molecule has 2 fully saturated rings. The second-order valence-electron chi connectivity index (χ2n) is 15.8. The Hall–Kier alpha value is -5.50. The highest BCUT2D eigenvalue weighted by Crippen LogP contribution is 2.35. The molecule has 14 heteroatoms. The smallest absolute Gasteiger partial charge is 0.407 e. The number of benzene rings is 3. The number of aromatic nitrogens is 4. The van der Waals surface area contributed by atoms with Gasteiger partial charge in [0, 0.05) is 31.9 Å². The molecule has 2 aromatic heterocycles. The molecule has 0 bridgehead atoms. The SMILES string of the molecule is COC(=O)N[C@H](C(=O)N1CCC[C@H]1c1nc2ccc(CN(Cc3ccc4nc([C@@H]5CCCN5C(=O)[C@@H](N)C(C)C)[nH]c4c3)c3ccc(F)cc3)cc2[nH]1)C(C)C. The maximum atomic E-state index is 14.1. The minimum atomic E-state index is -0.713. The maximum absolute atomic E-state index is 14.1. The fraction of sp³-hybridized carbons (Fsp3) is 0.452. The van der Waals surface area contributed by atoms with Gasteiger partial charge in [0.15, 0.2) is 0 Å². The monoisotopic (exact) mass is 765 g/mol.